The molecule has 1 aliphatic carbocycles. The van der Waals surface area contributed by atoms with E-state index in [9.17, 15) is 0 Å². The van der Waals surface area contributed by atoms with Crippen LogP contribution in [0.4, 0.5) is 0 Å². The monoisotopic (exact) mass is 204 g/mol. The van der Waals surface area contributed by atoms with Crippen LogP contribution < -0.4 is 4.74 Å². The highest BCUT2D eigenvalue weighted by Crippen LogP contribution is 2.34. The van der Waals surface area contributed by atoms with Crippen molar-refractivity contribution in [2.45, 2.75) is 52.1 Å². The average molecular weight is 204 g/mol. The quantitative estimate of drug-likeness (QED) is 0.711. The Bertz CT molecular complexity index is 356. The maximum absolute atomic E-state index is 5.89. The first kappa shape index (κ1) is 10.5. The Morgan fingerprint density at radius 2 is 1.87 bits per heavy atom. The maximum atomic E-state index is 5.89. The van der Waals surface area contributed by atoms with Crippen molar-refractivity contribution >= 4 is 0 Å². The van der Waals surface area contributed by atoms with Crippen molar-refractivity contribution in [2.24, 2.45) is 0 Å². The minimum absolute atomic E-state index is 0.201. The van der Waals surface area contributed by atoms with Gasteiger partial charge in [0, 0.05) is 0 Å². The fourth-order valence-corrected chi connectivity index (χ4v) is 1.92. The molecule has 1 nitrogen and oxygen atoms in total. The molecule has 0 radical (unpaired) electrons. The lowest BCUT2D eigenvalue weighted by Crippen LogP contribution is -2.13. The minimum atomic E-state index is 0.201. The Labute approximate surface area is 92.5 Å². The lowest BCUT2D eigenvalue weighted by molar-refractivity contribution is 0.300. The van der Waals surface area contributed by atoms with Crippen LogP contribution >= 0.6 is 0 Å². The summed E-state index contributed by atoms with van der Waals surface area (Å²) < 4.78 is 5.89. The first-order valence-corrected chi connectivity index (χ1v) is 5.75. The second-order valence-corrected chi connectivity index (χ2v) is 5.50. The molecule has 15 heavy (non-hydrogen) atoms. The minimum Gasteiger partial charge on any atom is -0.490 e. The van der Waals surface area contributed by atoms with E-state index in [1.165, 1.54) is 24.0 Å². The van der Waals surface area contributed by atoms with Gasteiger partial charge in [-0.3, -0.25) is 0 Å². The summed E-state index contributed by atoms with van der Waals surface area (Å²) in [5.74, 6) is 1.07. The Balaban J connectivity index is 2.31. The van der Waals surface area contributed by atoms with E-state index in [1.54, 1.807) is 0 Å². The van der Waals surface area contributed by atoms with Gasteiger partial charge in [0.15, 0.2) is 0 Å². The van der Waals surface area contributed by atoms with Crippen molar-refractivity contribution in [3.05, 3.63) is 29.3 Å². The van der Waals surface area contributed by atoms with Gasteiger partial charge in [-0.05, 0) is 42.4 Å². The Kier molecular flexibility index (Phi) is 2.49. The van der Waals surface area contributed by atoms with Crippen LogP contribution in [0.25, 0.3) is 0 Å². The zero-order valence-corrected chi connectivity index (χ0v) is 10.1. The van der Waals surface area contributed by atoms with Crippen molar-refractivity contribution in [1.82, 2.24) is 0 Å². The summed E-state index contributed by atoms with van der Waals surface area (Å²) in [4.78, 5) is 0. The molecule has 0 aliphatic heterocycles. The fraction of sp³-hybridized carbons (Fsp3) is 0.571. The van der Waals surface area contributed by atoms with E-state index in [4.69, 9.17) is 4.74 Å². The van der Waals surface area contributed by atoms with Gasteiger partial charge in [-0.15, -0.1) is 0 Å². The first-order valence-electron chi connectivity index (χ1n) is 5.75. The molecule has 0 amide bonds. The van der Waals surface area contributed by atoms with Gasteiger partial charge in [-0.25, -0.2) is 0 Å². The van der Waals surface area contributed by atoms with E-state index >= 15 is 0 Å². The predicted molar refractivity (Wildman–Crippen MR) is 63.5 cm³/mol. The second kappa shape index (κ2) is 3.55. The van der Waals surface area contributed by atoms with Gasteiger partial charge < -0.3 is 4.74 Å². The van der Waals surface area contributed by atoms with Crippen LogP contribution in [0.3, 0.4) is 0 Å². The molecule has 1 heteroatoms. The maximum Gasteiger partial charge on any atom is 0.122 e. The van der Waals surface area contributed by atoms with Crippen molar-refractivity contribution in [3.63, 3.8) is 0 Å². The van der Waals surface area contributed by atoms with E-state index in [2.05, 4.69) is 45.9 Å². The van der Waals surface area contributed by atoms with E-state index < -0.39 is 0 Å². The molecule has 0 bridgehead atoms. The Morgan fingerprint density at radius 1 is 1.20 bits per heavy atom. The number of hydrogen-bond acceptors (Lipinski definition) is 1. The van der Waals surface area contributed by atoms with E-state index in [0.717, 1.165) is 5.75 Å². The van der Waals surface area contributed by atoms with E-state index in [0.29, 0.717) is 6.10 Å². The zero-order valence-electron chi connectivity index (χ0n) is 10.1. The van der Waals surface area contributed by atoms with Gasteiger partial charge >= 0.3 is 0 Å². The number of rotatable bonds is 2. The first-order chi connectivity index (χ1) is 6.98. The topological polar surface area (TPSA) is 9.23 Å². The Morgan fingerprint density at radius 3 is 2.40 bits per heavy atom. The van der Waals surface area contributed by atoms with Crippen molar-refractivity contribution in [3.8, 4) is 5.75 Å². The summed E-state index contributed by atoms with van der Waals surface area (Å²) in [6.45, 7) is 8.90. The van der Waals surface area contributed by atoms with E-state index in [-0.39, 0.29) is 5.41 Å². The van der Waals surface area contributed by atoms with Gasteiger partial charge in [0.2, 0.25) is 0 Å². The molecule has 1 aliphatic rings. The summed E-state index contributed by atoms with van der Waals surface area (Å²) >= 11 is 0. The highest BCUT2D eigenvalue weighted by atomic mass is 16.5. The van der Waals surface area contributed by atoms with E-state index in [1.807, 2.05) is 0 Å². The lowest BCUT2D eigenvalue weighted by atomic mass is 9.84. The van der Waals surface area contributed by atoms with Crippen LogP contribution in [0.5, 0.6) is 5.75 Å². The molecular weight excluding hydrogens is 184 g/mol. The van der Waals surface area contributed by atoms with Crippen molar-refractivity contribution in [1.29, 1.82) is 0 Å². The highest BCUT2D eigenvalue weighted by molar-refractivity contribution is 5.42. The fourth-order valence-electron chi connectivity index (χ4n) is 1.92. The average Bonchev–Trinajstić information content (AvgIpc) is 2.90. The van der Waals surface area contributed by atoms with Gasteiger partial charge in [0.05, 0.1) is 6.10 Å². The number of ether oxygens (including phenoxy) is 1. The molecule has 1 aromatic carbocycles. The molecule has 2 rings (SSSR count). The van der Waals surface area contributed by atoms with Gasteiger partial charge in [-0.1, -0.05) is 32.9 Å². The third-order valence-electron chi connectivity index (χ3n) is 2.91. The molecule has 1 fully saturated rings. The normalized spacial score (nSPS) is 16.5. The number of benzene rings is 1. The van der Waals surface area contributed by atoms with Gasteiger partial charge in [0.1, 0.15) is 5.75 Å². The van der Waals surface area contributed by atoms with Gasteiger partial charge in [0.25, 0.3) is 0 Å². The second-order valence-electron chi connectivity index (χ2n) is 5.50. The standard InChI is InChI=1S/C14H20O/c1-10-12(14(2,3)4)6-5-7-13(10)15-11-8-9-11/h5-7,11H,8-9H2,1-4H3. The third kappa shape index (κ3) is 2.34. The molecule has 0 unspecified atom stereocenters. The van der Waals surface area contributed by atoms with Crippen LogP contribution in [0.15, 0.2) is 18.2 Å². The third-order valence-corrected chi connectivity index (χ3v) is 2.91. The zero-order chi connectivity index (χ0) is 11.1. The Hall–Kier alpha value is -0.980. The summed E-state index contributed by atoms with van der Waals surface area (Å²) in [7, 11) is 0. The molecule has 82 valence electrons. The van der Waals surface area contributed by atoms with Crippen LogP contribution in [0.2, 0.25) is 0 Å². The molecule has 0 N–H and O–H groups in total. The largest absolute Gasteiger partial charge is 0.490 e. The molecule has 1 aromatic rings. The molecule has 0 saturated heterocycles. The molecule has 0 heterocycles. The summed E-state index contributed by atoms with van der Waals surface area (Å²) in [5.41, 5.74) is 2.89. The van der Waals surface area contributed by atoms with Crippen molar-refractivity contribution < 1.29 is 4.74 Å². The predicted octanol–water partition coefficient (Wildman–Crippen LogP) is 3.83. The summed E-state index contributed by atoms with van der Waals surface area (Å²) in [5, 5.41) is 0. The SMILES string of the molecule is Cc1c(OC2CC2)cccc1C(C)(C)C. The van der Waals surface area contributed by atoms with Crippen LogP contribution in [0, 0.1) is 6.92 Å². The van der Waals surface area contributed by atoms with Crippen molar-refractivity contribution in [2.75, 3.05) is 0 Å². The molecule has 0 aromatic heterocycles. The molecule has 0 atom stereocenters. The summed E-state index contributed by atoms with van der Waals surface area (Å²) in [6, 6.07) is 6.39. The lowest BCUT2D eigenvalue weighted by Gasteiger charge is -2.23. The number of hydrogen-bond donors (Lipinski definition) is 0. The molecule has 0 spiro atoms. The van der Waals surface area contributed by atoms with Gasteiger partial charge in [-0.2, -0.15) is 0 Å². The van der Waals surface area contributed by atoms with Crippen LogP contribution in [-0.2, 0) is 5.41 Å². The van der Waals surface area contributed by atoms with Crippen LogP contribution in [0.1, 0.15) is 44.7 Å². The molecular formula is C14H20O. The smallest absolute Gasteiger partial charge is 0.122 e. The van der Waals surface area contributed by atoms with Crippen LogP contribution in [-0.4, -0.2) is 6.10 Å². The highest BCUT2D eigenvalue weighted by Gasteiger charge is 2.25. The summed E-state index contributed by atoms with van der Waals surface area (Å²) in [6.07, 6.45) is 2.93. The molecule has 1 saturated carbocycles.